The lowest BCUT2D eigenvalue weighted by Crippen LogP contribution is -2.30. The van der Waals surface area contributed by atoms with Crippen LogP contribution in [0.3, 0.4) is 0 Å². The Labute approximate surface area is 140 Å². The van der Waals surface area contributed by atoms with E-state index in [9.17, 15) is 9.59 Å². The molecule has 1 aliphatic heterocycles. The maximum Gasteiger partial charge on any atom is 0.287 e. The van der Waals surface area contributed by atoms with Crippen molar-refractivity contribution >= 4 is 22.8 Å². The van der Waals surface area contributed by atoms with E-state index in [4.69, 9.17) is 9.15 Å². The summed E-state index contributed by atoms with van der Waals surface area (Å²) in [4.78, 5) is 25.7. The Balaban J connectivity index is 1.59. The molecule has 0 unspecified atom stereocenters. The Morgan fingerprint density at radius 2 is 2.25 bits per heavy atom. The molecule has 0 bridgehead atoms. The summed E-state index contributed by atoms with van der Waals surface area (Å²) in [5, 5.41) is 3.74. The first-order valence-electron chi connectivity index (χ1n) is 8.23. The number of methoxy groups -OCH3 is 1. The van der Waals surface area contributed by atoms with Crippen LogP contribution in [-0.2, 0) is 4.79 Å². The number of fused-ring (bicyclic) bond motifs is 1. The number of furan rings is 1. The minimum atomic E-state index is -0.226. The molecule has 1 aromatic heterocycles. The Morgan fingerprint density at radius 1 is 1.42 bits per heavy atom. The zero-order valence-electron chi connectivity index (χ0n) is 14.1. The van der Waals surface area contributed by atoms with E-state index in [-0.39, 0.29) is 11.8 Å². The largest absolute Gasteiger partial charge is 0.497 e. The van der Waals surface area contributed by atoms with Gasteiger partial charge in [0.2, 0.25) is 5.91 Å². The van der Waals surface area contributed by atoms with Crippen molar-refractivity contribution in [3.63, 3.8) is 0 Å². The number of nitrogens with one attached hydrogen (secondary N) is 1. The van der Waals surface area contributed by atoms with E-state index in [1.54, 1.807) is 19.2 Å². The first kappa shape index (κ1) is 16.4. The maximum absolute atomic E-state index is 12.3. The molecule has 128 valence electrons. The summed E-state index contributed by atoms with van der Waals surface area (Å²) in [6, 6.07) is 5.47. The van der Waals surface area contributed by atoms with Gasteiger partial charge >= 0.3 is 0 Å². The third-order valence-electron chi connectivity index (χ3n) is 4.41. The van der Waals surface area contributed by atoms with Crippen LogP contribution in [0.25, 0.3) is 11.0 Å². The number of ether oxygens (including phenoxy) is 1. The van der Waals surface area contributed by atoms with Gasteiger partial charge in [-0.15, -0.1) is 0 Å². The summed E-state index contributed by atoms with van der Waals surface area (Å²) in [5.41, 5.74) is 1.47. The Morgan fingerprint density at radius 3 is 2.96 bits per heavy atom. The van der Waals surface area contributed by atoms with Crippen molar-refractivity contribution in [2.24, 2.45) is 0 Å². The number of rotatable bonds is 6. The minimum Gasteiger partial charge on any atom is -0.497 e. The molecule has 1 aliphatic rings. The number of hydrogen-bond donors (Lipinski definition) is 1. The van der Waals surface area contributed by atoms with Crippen LogP contribution >= 0.6 is 0 Å². The highest BCUT2D eigenvalue weighted by Crippen LogP contribution is 2.28. The molecule has 2 aromatic rings. The lowest BCUT2D eigenvalue weighted by atomic mass is 10.1. The van der Waals surface area contributed by atoms with Gasteiger partial charge < -0.3 is 19.4 Å². The van der Waals surface area contributed by atoms with E-state index in [1.807, 2.05) is 17.9 Å². The quantitative estimate of drug-likeness (QED) is 0.826. The standard InChI is InChI=1S/C18H22N2O4/c1-12-14-11-13(23-2)6-7-15(14)24-17(12)18(22)19-8-4-10-20-9-3-5-16(20)21/h6-7,11H,3-5,8-10H2,1-2H3,(H,19,22). The molecule has 1 aromatic carbocycles. The number of hydrogen-bond acceptors (Lipinski definition) is 4. The molecule has 0 spiro atoms. The van der Waals surface area contributed by atoms with Crippen molar-refractivity contribution in [3.8, 4) is 5.75 Å². The van der Waals surface area contributed by atoms with Crippen LogP contribution in [0.5, 0.6) is 5.75 Å². The number of aryl methyl sites for hydroxylation is 1. The van der Waals surface area contributed by atoms with Gasteiger partial charge in [-0.05, 0) is 38.0 Å². The molecule has 2 heterocycles. The Kier molecular flexibility index (Phi) is 4.74. The minimum absolute atomic E-state index is 0.211. The highest BCUT2D eigenvalue weighted by atomic mass is 16.5. The van der Waals surface area contributed by atoms with Crippen LogP contribution in [0.1, 0.15) is 35.4 Å². The molecular weight excluding hydrogens is 308 g/mol. The highest BCUT2D eigenvalue weighted by molar-refractivity contribution is 5.99. The van der Waals surface area contributed by atoms with Crippen LogP contribution in [0, 0.1) is 6.92 Å². The zero-order valence-corrected chi connectivity index (χ0v) is 14.1. The highest BCUT2D eigenvalue weighted by Gasteiger charge is 2.20. The average Bonchev–Trinajstić information content (AvgIpc) is 3.14. The summed E-state index contributed by atoms with van der Waals surface area (Å²) >= 11 is 0. The number of benzene rings is 1. The topological polar surface area (TPSA) is 71.8 Å². The third kappa shape index (κ3) is 3.22. The Hall–Kier alpha value is -2.50. The van der Waals surface area contributed by atoms with Gasteiger partial charge in [0.15, 0.2) is 5.76 Å². The molecular formula is C18H22N2O4. The van der Waals surface area contributed by atoms with Gasteiger partial charge in [0.25, 0.3) is 5.91 Å². The van der Waals surface area contributed by atoms with E-state index >= 15 is 0 Å². The molecule has 1 fully saturated rings. The number of nitrogens with zero attached hydrogens (tertiary/aromatic N) is 1. The van der Waals surface area contributed by atoms with Gasteiger partial charge in [-0.2, -0.15) is 0 Å². The predicted molar refractivity (Wildman–Crippen MR) is 90.3 cm³/mol. The second-order valence-electron chi connectivity index (χ2n) is 6.01. The summed E-state index contributed by atoms with van der Waals surface area (Å²) in [6.07, 6.45) is 2.32. The number of carbonyl (C=O) groups excluding carboxylic acids is 2. The molecule has 6 heteroatoms. The average molecular weight is 330 g/mol. The van der Waals surface area contributed by atoms with Gasteiger partial charge in [0.1, 0.15) is 11.3 Å². The van der Waals surface area contributed by atoms with E-state index in [2.05, 4.69) is 5.32 Å². The zero-order chi connectivity index (χ0) is 17.1. The van der Waals surface area contributed by atoms with Crippen molar-refractivity contribution in [3.05, 3.63) is 29.5 Å². The molecule has 0 aliphatic carbocycles. The number of carbonyl (C=O) groups is 2. The van der Waals surface area contributed by atoms with E-state index in [1.165, 1.54) is 0 Å². The van der Waals surface area contributed by atoms with Gasteiger partial charge in [-0.1, -0.05) is 0 Å². The van der Waals surface area contributed by atoms with Crippen molar-refractivity contribution in [1.29, 1.82) is 0 Å². The molecule has 3 rings (SSSR count). The molecule has 0 saturated carbocycles. The molecule has 1 saturated heterocycles. The fraction of sp³-hybridized carbons (Fsp3) is 0.444. The fourth-order valence-corrected chi connectivity index (χ4v) is 3.04. The summed E-state index contributed by atoms with van der Waals surface area (Å²) in [7, 11) is 1.61. The molecule has 0 radical (unpaired) electrons. The lowest BCUT2D eigenvalue weighted by Gasteiger charge is -2.15. The van der Waals surface area contributed by atoms with Crippen LogP contribution in [0.15, 0.2) is 22.6 Å². The van der Waals surface area contributed by atoms with Gasteiger partial charge in [0.05, 0.1) is 7.11 Å². The normalized spacial score (nSPS) is 14.4. The summed E-state index contributed by atoms with van der Waals surface area (Å²) in [6.45, 7) is 3.90. The van der Waals surface area contributed by atoms with Crippen molar-refractivity contribution in [2.75, 3.05) is 26.7 Å². The lowest BCUT2D eigenvalue weighted by molar-refractivity contribution is -0.127. The predicted octanol–water partition coefficient (Wildman–Crippen LogP) is 2.49. The molecule has 6 nitrogen and oxygen atoms in total. The van der Waals surface area contributed by atoms with Gasteiger partial charge in [-0.25, -0.2) is 0 Å². The smallest absolute Gasteiger partial charge is 0.287 e. The van der Waals surface area contributed by atoms with Crippen molar-refractivity contribution < 1.29 is 18.7 Å². The molecule has 0 atom stereocenters. The van der Waals surface area contributed by atoms with Gasteiger partial charge in [0, 0.05) is 37.0 Å². The van der Waals surface area contributed by atoms with Crippen molar-refractivity contribution in [2.45, 2.75) is 26.2 Å². The van der Waals surface area contributed by atoms with Crippen LogP contribution in [0.4, 0.5) is 0 Å². The van der Waals surface area contributed by atoms with E-state index in [0.29, 0.717) is 30.9 Å². The Bertz CT molecular complexity index is 766. The second-order valence-corrected chi connectivity index (χ2v) is 6.01. The number of amides is 2. The van der Waals surface area contributed by atoms with E-state index in [0.717, 1.165) is 36.1 Å². The molecule has 2 amide bonds. The number of likely N-dealkylation sites (tertiary alicyclic amines) is 1. The first-order valence-corrected chi connectivity index (χ1v) is 8.23. The second kappa shape index (κ2) is 6.95. The summed E-state index contributed by atoms with van der Waals surface area (Å²) in [5.74, 6) is 1.04. The van der Waals surface area contributed by atoms with E-state index < -0.39 is 0 Å². The maximum atomic E-state index is 12.3. The van der Waals surface area contributed by atoms with Crippen molar-refractivity contribution in [1.82, 2.24) is 10.2 Å². The fourth-order valence-electron chi connectivity index (χ4n) is 3.04. The molecule has 1 N–H and O–H groups in total. The monoisotopic (exact) mass is 330 g/mol. The summed E-state index contributed by atoms with van der Waals surface area (Å²) < 4.78 is 10.9. The van der Waals surface area contributed by atoms with Gasteiger partial charge in [-0.3, -0.25) is 9.59 Å². The van der Waals surface area contributed by atoms with Crippen LogP contribution < -0.4 is 10.1 Å². The van der Waals surface area contributed by atoms with Crippen LogP contribution in [0.2, 0.25) is 0 Å². The third-order valence-corrected chi connectivity index (χ3v) is 4.41. The molecule has 24 heavy (non-hydrogen) atoms. The SMILES string of the molecule is COc1ccc2oc(C(=O)NCCCN3CCCC3=O)c(C)c2c1. The van der Waals surface area contributed by atoms with Crippen LogP contribution in [-0.4, -0.2) is 43.5 Å². The first-order chi connectivity index (χ1) is 11.6.